The van der Waals surface area contributed by atoms with Crippen LogP contribution in [-0.2, 0) is 26.0 Å². The highest BCUT2D eigenvalue weighted by molar-refractivity contribution is 7.89. The summed E-state index contributed by atoms with van der Waals surface area (Å²) in [5, 5.41) is 10.1. The number of sulfonamides is 1. The summed E-state index contributed by atoms with van der Waals surface area (Å²) in [6, 6.07) is 10.8. The van der Waals surface area contributed by atoms with Crippen LogP contribution >= 0.6 is 0 Å². The average molecular weight is 436 g/mol. The number of amides is 2. The van der Waals surface area contributed by atoms with Crippen molar-refractivity contribution in [2.24, 2.45) is 5.14 Å². The van der Waals surface area contributed by atoms with Crippen molar-refractivity contribution in [3.8, 4) is 11.5 Å². The molecule has 2 aromatic carbocycles. The Kier molecular flexibility index (Phi) is 8.19. The Labute approximate surface area is 175 Å². The minimum atomic E-state index is -3.75. The number of nitrogens with two attached hydrogens (primary N) is 1. The fraction of sp³-hybridized carbons (Fsp3) is 0.300. The molecule has 0 radical (unpaired) electrons. The fourth-order valence-electron chi connectivity index (χ4n) is 2.56. The van der Waals surface area contributed by atoms with Crippen LogP contribution in [0.5, 0.6) is 11.5 Å². The van der Waals surface area contributed by atoms with Crippen molar-refractivity contribution in [1.82, 2.24) is 5.32 Å². The van der Waals surface area contributed by atoms with Crippen LogP contribution in [0.4, 0.5) is 5.69 Å². The Morgan fingerprint density at radius 1 is 0.933 bits per heavy atom. The molecule has 0 aliphatic heterocycles. The zero-order chi connectivity index (χ0) is 22.1. The van der Waals surface area contributed by atoms with Gasteiger partial charge in [0.1, 0.15) is 0 Å². The van der Waals surface area contributed by atoms with Gasteiger partial charge in [-0.3, -0.25) is 9.59 Å². The van der Waals surface area contributed by atoms with Gasteiger partial charge in [0.2, 0.25) is 10.0 Å². The SMILES string of the molecule is CCOc1ccc(NC(=O)C(=O)NCCc2ccc(S(N)(=O)=O)cc2)cc1OCC. The molecule has 0 spiro atoms. The quantitative estimate of drug-likeness (QED) is 0.510. The summed E-state index contributed by atoms with van der Waals surface area (Å²) in [6.45, 7) is 4.78. The number of hydrogen-bond acceptors (Lipinski definition) is 6. The molecule has 162 valence electrons. The number of nitrogens with one attached hydrogen (secondary N) is 2. The number of rotatable bonds is 9. The first-order valence-corrected chi connectivity index (χ1v) is 10.9. The van der Waals surface area contributed by atoms with E-state index in [1.165, 1.54) is 12.1 Å². The van der Waals surface area contributed by atoms with E-state index in [0.29, 0.717) is 36.8 Å². The highest BCUT2D eigenvalue weighted by atomic mass is 32.2. The van der Waals surface area contributed by atoms with Crippen LogP contribution in [0.15, 0.2) is 47.4 Å². The third-order valence-corrected chi connectivity index (χ3v) is 4.89. The van der Waals surface area contributed by atoms with E-state index >= 15 is 0 Å². The molecule has 0 aliphatic carbocycles. The zero-order valence-electron chi connectivity index (χ0n) is 16.8. The molecule has 0 aromatic heterocycles. The Hall–Kier alpha value is -3.11. The molecular formula is C20H25N3O6S. The van der Waals surface area contributed by atoms with Crippen molar-refractivity contribution in [2.75, 3.05) is 25.1 Å². The number of primary sulfonamides is 1. The summed E-state index contributed by atoms with van der Waals surface area (Å²) < 4.78 is 33.4. The van der Waals surface area contributed by atoms with Crippen molar-refractivity contribution in [1.29, 1.82) is 0 Å². The summed E-state index contributed by atoms with van der Waals surface area (Å²) in [7, 11) is -3.75. The van der Waals surface area contributed by atoms with Gasteiger partial charge in [-0.05, 0) is 50.1 Å². The zero-order valence-corrected chi connectivity index (χ0v) is 17.6. The predicted octanol–water partition coefficient (Wildman–Crippen LogP) is 1.43. The third-order valence-electron chi connectivity index (χ3n) is 3.96. The summed E-state index contributed by atoms with van der Waals surface area (Å²) in [6.07, 6.45) is 0.418. The van der Waals surface area contributed by atoms with Crippen LogP contribution < -0.4 is 25.2 Å². The maximum Gasteiger partial charge on any atom is 0.313 e. The molecule has 2 aromatic rings. The van der Waals surface area contributed by atoms with Crippen molar-refractivity contribution in [2.45, 2.75) is 25.2 Å². The standard InChI is InChI=1S/C20H25N3O6S/c1-3-28-17-10-7-15(13-18(17)29-4-2)23-20(25)19(24)22-12-11-14-5-8-16(9-6-14)30(21,26)27/h5-10,13H,3-4,11-12H2,1-2H3,(H,22,24)(H,23,25)(H2,21,26,27). The molecule has 2 rings (SSSR count). The first-order valence-electron chi connectivity index (χ1n) is 9.35. The van der Waals surface area contributed by atoms with Gasteiger partial charge in [0.25, 0.3) is 0 Å². The van der Waals surface area contributed by atoms with E-state index < -0.39 is 21.8 Å². The molecule has 0 saturated heterocycles. The van der Waals surface area contributed by atoms with E-state index in [-0.39, 0.29) is 11.4 Å². The largest absolute Gasteiger partial charge is 0.490 e. The Morgan fingerprint density at radius 2 is 1.57 bits per heavy atom. The number of benzene rings is 2. The fourth-order valence-corrected chi connectivity index (χ4v) is 3.08. The van der Waals surface area contributed by atoms with Gasteiger partial charge >= 0.3 is 11.8 Å². The molecular weight excluding hydrogens is 410 g/mol. The minimum Gasteiger partial charge on any atom is -0.490 e. The van der Waals surface area contributed by atoms with Crippen LogP contribution in [-0.4, -0.2) is 40.0 Å². The van der Waals surface area contributed by atoms with E-state index in [9.17, 15) is 18.0 Å². The number of hydrogen-bond donors (Lipinski definition) is 3. The summed E-state index contributed by atoms with van der Waals surface area (Å²) in [5.41, 5.74) is 1.19. The lowest BCUT2D eigenvalue weighted by atomic mass is 10.1. The number of carbonyl (C=O) groups is 2. The van der Waals surface area contributed by atoms with Gasteiger partial charge in [-0.1, -0.05) is 12.1 Å². The third kappa shape index (κ3) is 6.75. The molecule has 0 heterocycles. The van der Waals surface area contributed by atoms with Crippen LogP contribution in [0.2, 0.25) is 0 Å². The molecule has 0 bridgehead atoms. The van der Waals surface area contributed by atoms with E-state index in [0.717, 1.165) is 5.56 Å². The van der Waals surface area contributed by atoms with E-state index in [1.54, 1.807) is 30.3 Å². The topological polar surface area (TPSA) is 137 Å². The second-order valence-electron chi connectivity index (χ2n) is 6.18. The predicted molar refractivity (Wildman–Crippen MR) is 112 cm³/mol. The van der Waals surface area contributed by atoms with Gasteiger partial charge in [0, 0.05) is 18.3 Å². The maximum absolute atomic E-state index is 12.1. The van der Waals surface area contributed by atoms with E-state index in [1.807, 2.05) is 13.8 Å². The number of anilines is 1. The summed E-state index contributed by atoms with van der Waals surface area (Å²) in [4.78, 5) is 24.2. The lowest BCUT2D eigenvalue weighted by Gasteiger charge is -2.13. The van der Waals surface area contributed by atoms with Crippen LogP contribution in [0, 0.1) is 0 Å². The van der Waals surface area contributed by atoms with Crippen LogP contribution in [0.25, 0.3) is 0 Å². The van der Waals surface area contributed by atoms with Crippen molar-refractivity contribution >= 4 is 27.5 Å². The first-order chi connectivity index (χ1) is 14.2. The van der Waals surface area contributed by atoms with Gasteiger partial charge < -0.3 is 20.1 Å². The lowest BCUT2D eigenvalue weighted by molar-refractivity contribution is -0.136. The first kappa shape index (κ1) is 23.2. The molecule has 10 heteroatoms. The lowest BCUT2D eigenvalue weighted by Crippen LogP contribution is -2.36. The van der Waals surface area contributed by atoms with E-state index in [4.69, 9.17) is 14.6 Å². The van der Waals surface area contributed by atoms with Crippen molar-refractivity contribution in [3.63, 3.8) is 0 Å². The molecule has 4 N–H and O–H groups in total. The smallest absolute Gasteiger partial charge is 0.313 e. The number of ether oxygens (including phenoxy) is 2. The molecule has 0 atom stereocenters. The van der Waals surface area contributed by atoms with Crippen LogP contribution in [0.1, 0.15) is 19.4 Å². The van der Waals surface area contributed by atoms with Gasteiger partial charge in [-0.25, -0.2) is 13.6 Å². The Bertz CT molecular complexity index is 990. The highest BCUT2D eigenvalue weighted by Crippen LogP contribution is 2.30. The average Bonchev–Trinajstić information content (AvgIpc) is 2.70. The Morgan fingerprint density at radius 3 is 2.17 bits per heavy atom. The van der Waals surface area contributed by atoms with Gasteiger partial charge in [0.15, 0.2) is 11.5 Å². The highest BCUT2D eigenvalue weighted by Gasteiger charge is 2.15. The molecule has 0 aliphatic rings. The van der Waals surface area contributed by atoms with E-state index in [2.05, 4.69) is 10.6 Å². The van der Waals surface area contributed by atoms with Gasteiger partial charge in [-0.15, -0.1) is 0 Å². The molecule has 9 nitrogen and oxygen atoms in total. The summed E-state index contributed by atoms with van der Waals surface area (Å²) >= 11 is 0. The molecule has 0 unspecified atom stereocenters. The van der Waals surface area contributed by atoms with Gasteiger partial charge in [0.05, 0.1) is 18.1 Å². The monoisotopic (exact) mass is 435 g/mol. The molecule has 2 amide bonds. The minimum absolute atomic E-state index is 0.0106. The number of carbonyl (C=O) groups excluding carboxylic acids is 2. The second-order valence-corrected chi connectivity index (χ2v) is 7.74. The van der Waals surface area contributed by atoms with Crippen molar-refractivity contribution < 1.29 is 27.5 Å². The van der Waals surface area contributed by atoms with Gasteiger partial charge in [-0.2, -0.15) is 0 Å². The second kappa shape index (κ2) is 10.6. The molecule has 30 heavy (non-hydrogen) atoms. The molecule has 0 saturated carbocycles. The Balaban J connectivity index is 1.89. The molecule has 0 fully saturated rings. The summed E-state index contributed by atoms with van der Waals surface area (Å²) in [5.74, 6) is -0.579. The maximum atomic E-state index is 12.1. The van der Waals surface area contributed by atoms with Crippen LogP contribution in [0.3, 0.4) is 0 Å². The van der Waals surface area contributed by atoms with Crippen molar-refractivity contribution in [3.05, 3.63) is 48.0 Å². The normalized spacial score (nSPS) is 10.9.